The lowest BCUT2D eigenvalue weighted by Gasteiger charge is -2.14. The van der Waals surface area contributed by atoms with E-state index in [0.29, 0.717) is 27.5 Å². The molecule has 2 aromatic rings. The molecule has 7 nitrogen and oxygen atoms in total. The van der Waals surface area contributed by atoms with Crippen LogP contribution in [0.1, 0.15) is 18.1 Å². The Morgan fingerprint density at radius 2 is 2.13 bits per heavy atom. The first-order valence-corrected chi connectivity index (χ1v) is 9.55. The summed E-state index contributed by atoms with van der Waals surface area (Å²) in [7, 11) is 0. The monoisotopic (exact) mass is 429 g/mol. The van der Waals surface area contributed by atoms with E-state index in [-0.39, 0.29) is 30.5 Å². The molecule has 9 heteroatoms. The molecule has 2 N–H and O–H groups in total. The fourth-order valence-electron chi connectivity index (χ4n) is 3.36. The minimum absolute atomic E-state index is 0.183. The number of cyclic esters (lactones) is 1. The van der Waals surface area contributed by atoms with Crippen LogP contribution in [0.25, 0.3) is 11.6 Å². The number of ether oxygens (including phenoxy) is 1. The van der Waals surface area contributed by atoms with Gasteiger partial charge in [0.25, 0.3) is 5.91 Å². The molecule has 30 heavy (non-hydrogen) atoms. The van der Waals surface area contributed by atoms with Crippen molar-refractivity contribution in [2.45, 2.75) is 13.0 Å². The van der Waals surface area contributed by atoms with E-state index in [1.165, 1.54) is 30.0 Å². The van der Waals surface area contributed by atoms with E-state index in [9.17, 15) is 18.8 Å². The van der Waals surface area contributed by atoms with Crippen molar-refractivity contribution >= 4 is 52.5 Å². The van der Waals surface area contributed by atoms with Crippen LogP contribution in [0, 0.1) is 5.82 Å². The third-order valence-corrected chi connectivity index (χ3v) is 5.05. The van der Waals surface area contributed by atoms with E-state index in [1.54, 1.807) is 24.3 Å². The van der Waals surface area contributed by atoms with Crippen molar-refractivity contribution in [2.75, 3.05) is 23.3 Å². The predicted molar refractivity (Wildman–Crippen MR) is 111 cm³/mol. The highest BCUT2D eigenvalue weighted by Crippen LogP contribution is 2.35. The number of nitrogens with zero attached hydrogens (tertiary/aromatic N) is 1. The molecule has 154 valence electrons. The molecule has 1 fully saturated rings. The second-order valence-electron chi connectivity index (χ2n) is 6.96. The van der Waals surface area contributed by atoms with Crippen LogP contribution < -0.4 is 15.5 Å². The minimum atomic E-state index is -0.614. The van der Waals surface area contributed by atoms with Crippen molar-refractivity contribution in [3.8, 4) is 0 Å². The first-order valence-electron chi connectivity index (χ1n) is 9.17. The maximum Gasteiger partial charge on any atom is 0.414 e. The van der Waals surface area contributed by atoms with E-state index >= 15 is 0 Å². The Kier molecular flexibility index (Phi) is 5.17. The van der Waals surface area contributed by atoms with Crippen LogP contribution in [-0.4, -0.2) is 37.1 Å². The summed E-state index contributed by atoms with van der Waals surface area (Å²) < 4.78 is 20.0. The number of carbonyl (C=O) groups is 3. The lowest BCUT2D eigenvalue weighted by Crippen LogP contribution is -2.33. The highest BCUT2D eigenvalue weighted by molar-refractivity contribution is 6.36. The van der Waals surface area contributed by atoms with Gasteiger partial charge < -0.3 is 15.4 Å². The predicted octanol–water partition coefficient (Wildman–Crippen LogP) is 3.43. The van der Waals surface area contributed by atoms with Crippen LogP contribution in [0.15, 0.2) is 36.4 Å². The Balaban J connectivity index is 1.56. The molecule has 2 heterocycles. The molecule has 3 amide bonds. The Bertz CT molecular complexity index is 1100. The lowest BCUT2D eigenvalue weighted by molar-refractivity contribution is -0.119. The number of hydrogen-bond donors (Lipinski definition) is 2. The van der Waals surface area contributed by atoms with Gasteiger partial charge in [-0.15, -0.1) is 0 Å². The average molecular weight is 430 g/mol. The van der Waals surface area contributed by atoms with Gasteiger partial charge >= 0.3 is 6.09 Å². The molecule has 0 radical (unpaired) electrons. The van der Waals surface area contributed by atoms with Gasteiger partial charge in [0, 0.05) is 28.6 Å². The molecule has 0 aromatic heterocycles. The molecule has 2 aliphatic rings. The molecule has 0 saturated carbocycles. The number of nitrogens with one attached hydrogen (secondary N) is 2. The molecule has 4 rings (SSSR count). The van der Waals surface area contributed by atoms with Crippen LogP contribution in [-0.2, 0) is 14.3 Å². The Labute approximate surface area is 176 Å². The van der Waals surface area contributed by atoms with Crippen LogP contribution in [0.4, 0.5) is 20.6 Å². The molecule has 0 spiro atoms. The van der Waals surface area contributed by atoms with Crippen LogP contribution in [0.5, 0.6) is 0 Å². The second-order valence-corrected chi connectivity index (χ2v) is 7.40. The average Bonchev–Trinajstić information content (AvgIpc) is 3.20. The van der Waals surface area contributed by atoms with Gasteiger partial charge in [0.05, 0.1) is 24.5 Å². The molecular weight excluding hydrogens is 413 g/mol. The number of anilines is 2. The van der Waals surface area contributed by atoms with Gasteiger partial charge in [0.15, 0.2) is 0 Å². The van der Waals surface area contributed by atoms with Crippen molar-refractivity contribution in [3.63, 3.8) is 0 Å². The number of benzene rings is 2. The summed E-state index contributed by atoms with van der Waals surface area (Å²) in [6, 6.07) is 9.27. The van der Waals surface area contributed by atoms with Crippen LogP contribution in [0.3, 0.4) is 0 Å². The van der Waals surface area contributed by atoms with Crippen LogP contribution in [0.2, 0.25) is 5.02 Å². The van der Waals surface area contributed by atoms with Crippen molar-refractivity contribution < 1.29 is 23.5 Å². The third-order valence-electron chi connectivity index (χ3n) is 4.81. The number of hydrogen-bond acceptors (Lipinski definition) is 4. The first kappa shape index (κ1) is 19.9. The topological polar surface area (TPSA) is 87.7 Å². The van der Waals surface area contributed by atoms with Crippen molar-refractivity contribution in [3.05, 3.63) is 58.4 Å². The zero-order valence-corrected chi connectivity index (χ0v) is 16.6. The molecule has 0 bridgehead atoms. The number of fused-ring (bicyclic) bond motifs is 1. The summed E-state index contributed by atoms with van der Waals surface area (Å²) in [4.78, 5) is 36.7. The fraction of sp³-hybridized carbons (Fsp3) is 0.190. The summed E-state index contributed by atoms with van der Waals surface area (Å²) in [5.41, 5.74) is 2.06. The summed E-state index contributed by atoms with van der Waals surface area (Å²) in [6.45, 7) is 1.74. The number of amides is 3. The molecule has 1 atom stereocenters. The molecule has 1 saturated heterocycles. The maximum atomic E-state index is 14.8. The molecule has 2 aliphatic heterocycles. The van der Waals surface area contributed by atoms with E-state index in [0.717, 1.165) is 0 Å². The zero-order valence-electron chi connectivity index (χ0n) is 15.9. The highest BCUT2D eigenvalue weighted by Gasteiger charge is 2.33. The lowest BCUT2D eigenvalue weighted by atomic mass is 10.0. The zero-order chi connectivity index (χ0) is 21.4. The van der Waals surface area contributed by atoms with Gasteiger partial charge in [-0.1, -0.05) is 17.7 Å². The normalized spacial score (nSPS) is 19.0. The van der Waals surface area contributed by atoms with Gasteiger partial charge in [-0.3, -0.25) is 14.5 Å². The SMILES string of the molecule is CC(=O)NC[C@H]1CN(c2ccc(C=C3C(=O)Nc4cc(Cl)ccc43)c(F)c2)C(=O)O1. The summed E-state index contributed by atoms with van der Waals surface area (Å²) >= 11 is 5.95. The van der Waals surface area contributed by atoms with E-state index in [1.807, 2.05) is 0 Å². The van der Waals surface area contributed by atoms with E-state index in [4.69, 9.17) is 16.3 Å². The van der Waals surface area contributed by atoms with Gasteiger partial charge in [0.2, 0.25) is 5.91 Å². The van der Waals surface area contributed by atoms with Gasteiger partial charge in [0.1, 0.15) is 11.9 Å². The molecule has 0 unspecified atom stereocenters. The van der Waals surface area contributed by atoms with Gasteiger partial charge in [-0.05, 0) is 36.4 Å². The minimum Gasteiger partial charge on any atom is -0.442 e. The Morgan fingerprint density at radius 3 is 2.87 bits per heavy atom. The highest BCUT2D eigenvalue weighted by atomic mass is 35.5. The van der Waals surface area contributed by atoms with Crippen LogP contribution >= 0.6 is 11.6 Å². The molecular formula is C21H17ClFN3O4. The largest absolute Gasteiger partial charge is 0.442 e. The number of rotatable bonds is 4. The van der Waals surface area contributed by atoms with Gasteiger partial charge in [-0.2, -0.15) is 0 Å². The van der Waals surface area contributed by atoms with Crippen molar-refractivity contribution in [2.24, 2.45) is 0 Å². The van der Waals surface area contributed by atoms with E-state index in [2.05, 4.69) is 10.6 Å². The molecule has 0 aliphatic carbocycles. The van der Waals surface area contributed by atoms with Crippen molar-refractivity contribution in [1.82, 2.24) is 5.32 Å². The summed E-state index contributed by atoms with van der Waals surface area (Å²) in [6.07, 6.45) is 0.324. The summed E-state index contributed by atoms with van der Waals surface area (Å²) in [5.74, 6) is -1.17. The standard InChI is InChI=1S/C21H17ClFN3O4/c1-11(27)24-9-15-10-26(21(29)30-15)14-4-2-12(18(23)8-14)6-17-16-5-3-13(22)7-19(16)25-20(17)28/h2-8,15H,9-10H2,1H3,(H,24,27)(H,25,28)/t15-/m0/s1. The molecule has 2 aromatic carbocycles. The quantitative estimate of drug-likeness (QED) is 0.729. The smallest absolute Gasteiger partial charge is 0.414 e. The Morgan fingerprint density at radius 1 is 1.33 bits per heavy atom. The fourth-order valence-corrected chi connectivity index (χ4v) is 3.53. The Hall–Kier alpha value is -3.39. The summed E-state index contributed by atoms with van der Waals surface area (Å²) in [5, 5.41) is 5.77. The van der Waals surface area contributed by atoms with Gasteiger partial charge in [-0.25, -0.2) is 9.18 Å². The third kappa shape index (κ3) is 3.86. The van der Waals surface area contributed by atoms with E-state index < -0.39 is 18.0 Å². The van der Waals surface area contributed by atoms with Crippen molar-refractivity contribution in [1.29, 1.82) is 0 Å². The number of halogens is 2. The number of carbonyl (C=O) groups excluding carboxylic acids is 3. The second kappa shape index (κ2) is 7.79. The maximum absolute atomic E-state index is 14.8. The first-order chi connectivity index (χ1) is 14.3.